The second-order valence-electron chi connectivity index (χ2n) is 20.2. The van der Waals surface area contributed by atoms with E-state index in [0.29, 0.717) is 22.9 Å². The van der Waals surface area contributed by atoms with Crippen LogP contribution in [0.2, 0.25) is 0 Å². The van der Waals surface area contributed by atoms with Crippen LogP contribution in [-0.2, 0) is 0 Å². The van der Waals surface area contributed by atoms with Crippen LogP contribution >= 0.6 is 0 Å². The summed E-state index contributed by atoms with van der Waals surface area (Å²) >= 11 is 0. The molecule has 0 bridgehead atoms. The van der Waals surface area contributed by atoms with Gasteiger partial charge in [-0.05, 0) is 192 Å². The van der Waals surface area contributed by atoms with Crippen molar-refractivity contribution in [1.82, 2.24) is 40.5 Å². The summed E-state index contributed by atoms with van der Waals surface area (Å²) in [6.07, 6.45) is 16.8. The van der Waals surface area contributed by atoms with Crippen LogP contribution in [0.4, 0.5) is 0 Å². The highest BCUT2D eigenvalue weighted by atomic mass is 16.5. The van der Waals surface area contributed by atoms with E-state index >= 15 is 0 Å². The number of carbonyl (C=O) groups is 2. The molecule has 0 aliphatic heterocycles. The fourth-order valence-corrected chi connectivity index (χ4v) is 7.75. The molecule has 0 aliphatic rings. The summed E-state index contributed by atoms with van der Waals surface area (Å²) in [5.41, 5.74) is 7.79. The lowest BCUT2D eigenvalue weighted by Gasteiger charge is -2.07. The first-order chi connectivity index (χ1) is 44.7. The van der Waals surface area contributed by atoms with Crippen LogP contribution in [0.15, 0.2) is 280 Å². The maximum atomic E-state index is 11.4. The smallest absolute Gasteiger partial charge is 0.269 e. The normalized spacial score (nSPS) is 9.83. The average Bonchev–Trinajstić information content (AvgIpc) is 2.18. The van der Waals surface area contributed by atoms with E-state index in [1.807, 2.05) is 229 Å². The molecule has 2 N–H and O–H groups in total. The second-order valence-corrected chi connectivity index (χ2v) is 20.2. The lowest BCUT2D eigenvalue weighted by Crippen LogP contribution is -2.18. The van der Waals surface area contributed by atoms with Gasteiger partial charge in [0.1, 0.15) is 80.4 Å². The third kappa shape index (κ3) is 25.0. The maximum absolute atomic E-state index is 11.4. The Morgan fingerprint density at radius 2 is 0.533 bits per heavy atom. The Labute approximate surface area is 537 Å². The van der Waals surface area contributed by atoms with Gasteiger partial charge in [0.15, 0.2) is 0 Å². The molecule has 6 aromatic carbocycles. The van der Waals surface area contributed by atoms with Gasteiger partial charge in [-0.2, -0.15) is 0 Å². The van der Waals surface area contributed by atoms with Crippen molar-refractivity contribution in [2.75, 3.05) is 14.1 Å². The molecule has 0 unspecified atom stereocenters. The Morgan fingerprint density at radius 1 is 0.261 bits per heavy atom. The summed E-state index contributed by atoms with van der Waals surface area (Å²) < 4.78 is 33.7. The Hall–Kier alpha value is -12.0. The summed E-state index contributed by atoms with van der Waals surface area (Å²) in [7, 11) is 3.13. The van der Waals surface area contributed by atoms with E-state index in [-0.39, 0.29) is 11.8 Å². The first-order valence-electron chi connectivity index (χ1n) is 29.2. The number of hydrogen-bond donors (Lipinski definition) is 2. The summed E-state index contributed by atoms with van der Waals surface area (Å²) in [6.45, 7) is 12.2. The van der Waals surface area contributed by atoms with Gasteiger partial charge in [-0.15, -0.1) is 0 Å². The Kier molecular flexibility index (Phi) is 27.1. The number of ether oxygens (including phenoxy) is 6. The lowest BCUT2D eigenvalue weighted by molar-refractivity contribution is 0.0950. The van der Waals surface area contributed by atoms with E-state index in [1.54, 1.807) is 100 Å². The fourth-order valence-electron chi connectivity index (χ4n) is 7.75. The van der Waals surface area contributed by atoms with E-state index in [0.717, 1.165) is 63.1 Å². The third-order valence-electron chi connectivity index (χ3n) is 12.4. The highest BCUT2D eigenvalue weighted by Crippen LogP contribution is 2.26. The summed E-state index contributed by atoms with van der Waals surface area (Å²) in [6, 6.07) is 68.7. The minimum atomic E-state index is -0.232. The van der Waals surface area contributed by atoms with Gasteiger partial charge in [-0.25, -0.2) is 0 Å². The van der Waals surface area contributed by atoms with Crippen molar-refractivity contribution in [3.05, 3.63) is 325 Å². The number of nitrogens with zero attached hydrogens (tertiary/aromatic N) is 6. The topological polar surface area (TPSA) is 191 Å². The van der Waals surface area contributed by atoms with Crippen LogP contribution in [0.5, 0.6) is 69.0 Å². The molecule has 12 aromatic rings. The summed E-state index contributed by atoms with van der Waals surface area (Å²) in [5, 5.41) is 5.05. The van der Waals surface area contributed by atoms with Crippen molar-refractivity contribution >= 4 is 11.8 Å². The van der Waals surface area contributed by atoms with Gasteiger partial charge >= 0.3 is 0 Å². The zero-order valence-electron chi connectivity index (χ0n) is 52.5. The Bertz CT molecular complexity index is 3950. The number of aryl methyl sites for hydroxylation is 6. The Morgan fingerprint density at radius 3 is 0.848 bits per heavy atom. The van der Waals surface area contributed by atoms with Gasteiger partial charge in [0, 0.05) is 75.8 Å². The van der Waals surface area contributed by atoms with E-state index in [4.69, 9.17) is 28.4 Å². The molecule has 6 aromatic heterocycles. The first-order valence-corrected chi connectivity index (χ1v) is 29.2. The predicted molar refractivity (Wildman–Crippen MR) is 360 cm³/mol. The fraction of sp³-hybridized carbons (Fsp3) is 0.105. The molecule has 92 heavy (non-hydrogen) atoms. The van der Waals surface area contributed by atoms with E-state index < -0.39 is 0 Å². The molecule has 0 atom stereocenters. The van der Waals surface area contributed by atoms with Gasteiger partial charge in [0.05, 0.1) is 12.4 Å². The van der Waals surface area contributed by atoms with Gasteiger partial charge < -0.3 is 39.1 Å². The molecular formula is C76H72N8O8. The first kappa shape index (κ1) is 67.5. The molecule has 2 amide bonds. The zero-order valence-corrected chi connectivity index (χ0v) is 52.5. The van der Waals surface area contributed by atoms with Crippen molar-refractivity contribution in [1.29, 1.82) is 0 Å². The number of benzene rings is 6. The molecule has 0 fully saturated rings. The maximum Gasteiger partial charge on any atom is 0.269 e. The van der Waals surface area contributed by atoms with E-state index in [9.17, 15) is 9.59 Å². The van der Waals surface area contributed by atoms with E-state index in [1.165, 1.54) is 27.8 Å². The quantitative estimate of drug-likeness (QED) is 0.104. The van der Waals surface area contributed by atoms with Gasteiger partial charge in [-0.1, -0.05) is 89.5 Å². The molecule has 0 radical (unpaired) electrons. The number of hydrogen-bond acceptors (Lipinski definition) is 14. The molecule has 0 aliphatic carbocycles. The number of carbonyl (C=O) groups excluding carboxylic acids is 2. The van der Waals surface area contributed by atoms with Gasteiger partial charge in [0.25, 0.3) is 11.8 Å². The molecule has 0 saturated heterocycles. The molecule has 464 valence electrons. The van der Waals surface area contributed by atoms with Crippen molar-refractivity contribution < 1.29 is 38.0 Å². The predicted octanol–water partition coefficient (Wildman–Crippen LogP) is 17.8. The Balaban J connectivity index is 0.000000157. The van der Waals surface area contributed by atoms with Crippen LogP contribution < -0.4 is 39.1 Å². The number of amides is 2. The summed E-state index contributed by atoms with van der Waals surface area (Å²) in [4.78, 5) is 46.6. The third-order valence-corrected chi connectivity index (χ3v) is 12.4. The van der Waals surface area contributed by atoms with Crippen LogP contribution in [0.1, 0.15) is 54.4 Å². The van der Waals surface area contributed by atoms with Crippen LogP contribution in [0.25, 0.3) is 0 Å². The van der Waals surface area contributed by atoms with Crippen LogP contribution in [-0.4, -0.2) is 55.8 Å². The molecule has 16 nitrogen and oxygen atoms in total. The van der Waals surface area contributed by atoms with Crippen molar-refractivity contribution in [3.8, 4) is 69.0 Å². The second kappa shape index (κ2) is 37.0. The van der Waals surface area contributed by atoms with Crippen LogP contribution in [0.3, 0.4) is 0 Å². The van der Waals surface area contributed by atoms with Crippen LogP contribution in [0, 0.1) is 41.5 Å². The number of rotatable bonds is 14. The highest BCUT2D eigenvalue weighted by molar-refractivity contribution is 5.92. The van der Waals surface area contributed by atoms with Crippen molar-refractivity contribution in [2.45, 2.75) is 41.5 Å². The lowest BCUT2D eigenvalue weighted by atomic mass is 10.2. The summed E-state index contributed by atoms with van der Waals surface area (Å²) in [5.74, 6) is 8.72. The molecule has 0 spiro atoms. The largest absolute Gasteiger partial charge is 0.457 e. The van der Waals surface area contributed by atoms with Gasteiger partial charge in [0.2, 0.25) is 0 Å². The van der Waals surface area contributed by atoms with Crippen molar-refractivity contribution in [2.24, 2.45) is 0 Å². The minimum absolute atomic E-state index is 0.232. The number of pyridine rings is 6. The van der Waals surface area contributed by atoms with E-state index in [2.05, 4.69) is 47.5 Å². The van der Waals surface area contributed by atoms with Crippen molar-refractivity contribution in [3.63, 3.8) is 0 Å². The SMILES string of the molecule is CNC(=O)c1cc(Oc2ccc(C)cc2)ccn1.CNC(=O)c1cc(Oc2cccc(C)c2)ccn1.Cc1ccc(Oc2cccnc2)cc1.Cc1ccc(Oc2ccncc2)cc1.Cc1cccc(Oc2cccnc2)c1.Cc1cccc(Oc2ccncc2)c1. The molecule has 6 heterocycles. The minimum Gasteiger partial charge on any atom is -0.457 e. The van der Waals surface area contributed by atoms with Gasteiger partial charge in [-0.3, -0.25) is 39.5 Å². The molecule has 12 rings (SSSR count). The monoisotopic (exact) mass is 1220 g/mol. The highest BCUT2D eigenvalue weighted by Gasteiger charge is 2.09. The number of nitrogens with one attached hydrogen (secondary N) is 2. The molecule has 16 heteroatoms. The number of aromatic nitrogens is 6. The molecule has 0 saturated carbocycles. The zero-order chi connectivity index (χ0) is 65.1. The standard InChI is InChI=1S/2C14H14N2O2.4C12H11NO/c1-10-3-5-11(6-4-10)18-12-7-8-16-13(9-12)14(17)15-2;1-10-4-3-5-11(8-10)18-12-6-7-16-13(9-12)14(17)15-2;1-10-2-4-11(5-3-10)14-12-6-8-13-9-7-12;1-10-4-2-5-11(8-10)14-12-6-3-7-13-9-12;1-10-4-6-11(7-5-10)14-12-3-2-8-13-9-12;1-10-3-2-4-12(9-10)14-11-5-7-13-8-6-11/h2*3-9H,1-2H3,(H,15,17);4*2-9H,1H3. The molecular weight excluding hydrogens is 1150 g/mol. The average molecular weight is 1230 g/mol.